The third-order valence-corrected chi connectivity index (χ3v) is 5.34. The van der Waals surface area contributed by atoms with E-state index >= 15 is 0 Å². The van der Waals surface area contributed by atoms with Gasteiger partial charge >= 0.3 is 0 Å². The Kier molecular flexibility index (Phi) is 2.18. The molecular formula is C17H15NO4. The molecule has 0 aromatic heterocycles. The van der Waals surface area contributed by atoms with Gasteiger partial charge < -0.3 is 14.4 Å². The van der Waals surface area contributed by atoms with Crippen LogP contribution in [0.25, 0.3) is 5.57 Å². The summed E-state index contributed by atoms with van der Waals surface area (Å²) in [6.45, 7) is 0.905. The van der Waals surface area contributed by atoms with Crippen LogP contribution in [0, 0.1) is 0 Å². The Hall–Kier alpha value is -2.30. The fourth-order valence-corrected chi connectivity index (χ4v) is 4.36. The molecule has 1 atom stereocenters. The number of allylic oxidation sites excluding steroid dienone is 1. The molecule has 3 heterocycles. The number of carbonyl (C=O) groups excluding carboxylic acids is 2. The van der Waals surface area contributed by atoms with E-state index in [4.69, 9.17) is 9.47 Å². The van der Waals surface area contributed by atoms with Gasteiger partial charge in [0, 0.05) is 19.4 Å². The monoisotopic (exact) mass is 297 g/mol. The number of carbonyl (C=O) groups is 2. The zero-order valence-corrected chi connectivity index (χ0v) is 12.1. The maximum absolute atomic E-state index is 12.3. The summed E-state index contributed by atoms with van der Waals surface area (Å²) in [7, 11) is 0. The van der Waals surface area contributed by atoms with Crippen LogP contribution >= 0.6 is 0 Å². The van der Waals surface area contributed by atoms with E-state index in [0.717, 1.165) is 41.0 Å². The van der Waals surface area contributed by atoms with Crippen LogP contribution in [0.4, 0.5) is 0 Å². The van der Waals surface area contributed by atoms with E-state index in [-0.39, 0.29) is 18.5 Å². The summed E-state index contributed by atoms with van der Waals surface area (Å²) in [6, 6.07) is 3.98. The van der Waals surface area contributed by atoms with Crippen LogP contribution in [0.3, 0.4) is 0 Å². The van der Waals surface area contributed by atoms with Crippen LogP contribution in [0.15, 0.2) is 18.2 Å². The molecule has 3 aliphatic heterocycles. The molecule has 112 valence electrons. The Morgan fingerprint density at radius 1 is 1.09 bits per heavy atom. The van der Waals surface area contributed by atoms with Crippen molar-refractivity contribution in [2.45, 2.75) is 31.2 Å². The normalized spacial score (nSPS) is 28.2. The highest BCUT2D eigenvalue weighted by molar-refractivity contribution is 6.08. The molecule has 0 radical (unpaired) electrons. The van der Waals surface area contributed by atoms with Crippen LogP contribution in [0.5, 0.6) is 11.5 Å². The van der Waals surface area contributed by atoms with Crippen LogP contribution in [-0.4, -0.2) is 35.5 Å². The van der Waals surface area contributed by atoms with Crippen LogP contribution in [0.1, 0.15) is 30.4 Å². The highest BCUT2D eigenvalue weighted by atomic mass is 16.7. The summed E-state index contributed by atoms with van der Waals surface area (Å²) >= 11 is 0. The lowest BCUT2D eigenvalue weighted by molar-refractivity contribution is -0.130. The number of ether oxygens (including phenoxy) is 2. The summed E-state index contributed by atoms with van der Waals surface area (Å²) < 4.78 is 11.0. The van der Waals surface area contributed by atoms with Gasteiger partial charge in [-0.25, -0.2) is 0 Å². The second-order valence-corrected chi connectivity index (χ2v) is 6.39. The predicted molar refractivity (Wildman–Crippen MR) is 77.5 cm³/mol. The van der Waals surface area contributed by atoms with Gasteiger partial charge in [-0.05, 0) is 47.8 Å². The first-order valence-electron chi connectivity index (χ1n) is 7.66. The number of hydrogen-bond donors (Lipinski definition) is 0. The topological polar surface area (TPSA) is 55.8 Å². The molecule has 22 heavy (non-hydrogen) atoms. The molecule has 4 aliphatic rings. The quantitative estimate of drug-likeness (QED) is 0.731. The molecular weight excluding hydrogens is 282 g/mol. The Morgan fingerprint density at radius 3 is 2.77 bits per heavy atom. The van der Waals surface area contributed by atoms with Gasteiger partial charge in [0.1, 0.15) is 0 Å². The van der Waals surface area contributed by atoms with Gasteiger partial charge in [-0.2, -0.15) is 0 Å². The number of nitrogens with zero attached hydrogens (tertiary/aromatic N) is 1. The van der Waals surface area contributed by atoms with Gasteiger partial charge in [-0.15, -0.1) is 0 Å². The van der Waals surface area contributed by atoms with Crippen molar-refractivity contribution in [2.24, 2.45) is 0 Å². The Bertz CT molecular complexity index is 766. The van der Waals surface area contributed by atoms with Gasteiger partial charge in [0.25, 0.3) is 0 Å². The molecule has 0 saturated carbocycles. The average Bonchev–Trinajstić information content (AvgIpc) is 3.14. The summed E-state index contributed by atoms with van der Waals surface area (Å²) in [5.74, 6) is 1.76. The van der Waals surface area contributed by atoms with Gasteiger partial charge in [-0.3, -0.25) is 9.59 Å². The molecule has 1 saturated heterocycles. The standard InChI is InChI=1S/C17H15NO4/c19-11-6-13-12-7-15-14(21-9-22-15)5-10(12)2-4-18-16(20)1-3-17(13,18)8-11/h5-7H,1-4,8-9H2. The summed E-state index contributed by atoms with van der Waals surface area (Å²) in [5, 5.41) is 0. The maximum Gasteiger partial charge on any atom is 0.231 e. The number of hydrogen-bond acceptors (Lipinski definition) is 4. The van der Waals surface area contributed by atoms with Crippen molar-refractivity contribution in [3.05, 3.63) is 29.3 Å². The zero-order valence-electron chi connectivity index (χ0n) is 12.1. The minimum Gasteiger partial charge on any atom is -0.454 e. The zero-order chi connectivity index (χ0) is 14.9. The second-order valence-electron chi connectivity index (χ2n) is 6.39. The lowest BCUT2D eigenvalue weighted by Gasteiger charge is -2.35. The molecule has 1 aromatic carbocycles. The Morgan fingerprint density at radius 2 is 1.91 bits per heavy atom. The van der Waals surface area contributed by atoms with Gasteiger partial charge in [0.15, 0.2) is 17.3 Å². The van der Waals surface area contributed by atoms with Gasteiger partial charge in [-0.1, -0.05) is 0 Å². The van der Waals surface area contributed by atoms with Crippen LogP contribution in [0.2, 0.25) is 0 Å². The first-order valence-corrected chi connectivity index (χ1v) is 7.66. The van der Waals surface area contributed by atoms with Crippen molar-refractivity contribution in [2.75, 3.05) is 13.3 Å². The molecule has 5 heteroatoms. The van der Waals surface area contributed by atoms with Gasteiger partial charge in [0.05, 0.1) is 5.54 Å². The van der Waals surface area contributed by atoms with Gasteiger partial charge in [0.2, 0.25) is 12.7 Å². The highest BCUT2D eigenvalue weighted by Crippen LogP contribution is 2.51. The van der Waals surface area contributed by atoms with E-state index < -0.39 is 5.54 Å². The van der Waals surface area contributed by atoms with E-state index in [9.17, 15) is 9.59 Å². The molecule has 1 aliphatic carbocycles. The van der Waals surface area contributed by atoms with E-state index in [2.05, 4.69) is 0 Å². The molecule has 1 amide bonds. The SMILES string of the molecule is O=C1C=C2c3cc4c(cc3CCN3C(=O)CCC23C1)OCO4. The minimum atomic E-state index is -0.423. The lowest BCUT2D eigenvalue weighted by atomic mass is 9.83. The van der Waals surface area contributed by atoms with Crippen LogP contribution in [-0.2, 0) is 16.0 Å². The Balaban J connectivity index is 1.75. The molecule has 5 nitrogen and oxygen atoms in total. The van der Waals surface area contributed by atoms with Crippen molar-refractivity contribution in [3.63, 3.8) is 0 Å². The largest absolute Gasteiger partial charge is 0.454 e. The highest BCUT2D eigenvalue weighted by Gasteiger charge is 2.53. The minimum absolute atomic E-state index is 0.111. The van der Waals surface area contributed by atoms with Crippen molar-refractivity contribution < 1.29 is 19.1 Å². The molecule has 0 N–H and O–H groups in total. The molecule has 1 aromatic rings. The lowest BCUT2D eigenvalue weighted by Crippen LogP contribution is -2.45. The molecule has 1 spiro atoms. The molecule has 1 fully saturated rings. The van der Waals surface area contributed by atoms with Crippen molar-refractivity contribution in [1.29, 1.82) is 0 Å². The summed E-state index contributed by atoms with van der Waals surface area (Å²) in [6.07, 6.45) is 4.20. The molecule has 1 unspecified atom stereocenters. The number of amides is 1. The first-order chi connectivity index (χ1) is 10.7. The van der Waals surface area contributed by atoms with Crippen molar-refractivity contribution in [1.82, 2.24) is 4.90 Å². The van der Waals surface area contributed by atoms with E-state index in [1.165, 1.54) is 0 Å². The van der Waals surface area contributed by atoms with Crippen LogP contribution < -0.4 is 9.47 Å². The van der Waals surface area contributed by atoms with Crippen molar-refractivity contribution in [3.8, 4) is 11.5 Å². The molecule has 0 bridgehead atoms. The maximum atomic E-state index is 12.3. The third kappa shape index (κ3) is 1.39. The number of rotatable bonds is 0. The summed E-state index contributed by atoms with van der Waals surface area (Å²) in [4.78, 5) is 26.4. The van der Waals surface area contributed by atoms with E-state index in [1.807, 2.05) is 17.0 Å². The first kappa shape index (κ1) is 12.3. The predicted octanol–water partition coefficient (Wildman–Crippen LogP) is 1.69. The number of fused-ring (bicyclic) bond motifs is 3. The smallest absolute Gasteiger partial charge is 0.231 e. The third-order valence-electron chi connectivity index (χ3n) is 5.34. The van der Waals surface area contributed by atoms with Crippen molar-refractivity contribution >= 4 is 17.3 Å². The average molecular weight is 297 g/mol. The van der Waals surface area contributed by atoms with E-state index in [1.54, 1.807) is 6.08 Å². The molecule has 5 rings (SSSR count). The van der Waals surface area contributed by atoms with E-state index in [0.29, 0.717) is 19.4 Å². The second kappa shape index (κ2) is 3.91. The Labute approximate surface area is 127 Å². The summed E-state index contributed by atoms with van der Waals surface area (Å²) in [5.41, 5.74) is 2.75. The number of benzene rings is 1. The fraction of sp³-hybridized carbons (Fsp3) is 0.412. The fourth-order valence-electron chi connectivity index (χ4n) is 4.36. The number of ketones is 1.